The normalized spacial score (nSPS) is 18.9. The lowest BCUT2D eigenvalue weighted by Gasteiger charge is -2.33. The standard InChI is InChI=1S/C17H24N2S2/c1-3-8-18-11-14-4-5-15(21-14)12-19-9-6-17-16(13(19)2)7-10-20-17/h4-5,7,10,13,18H,3,6,8-9,11-12H2,1-2H3. The lowest BCUT2D eigenvalue weighted by molar-refractivity contribution is 0.193. The van der Waals surface area contributed by atoms with E-state index in [4.69, 9.17) is 0 Å². The van der Waals surface area contributed by atoms with Crippen LogP contribution in [0.3, 0.4) is 0 Å². The fourth-order valence-electron chi connectivity index (χ4n) is 2.97. The molecule has 1 aliphatic heterocycles. The first-order chi connectivity index (χ1) is 10.3. The number of rotatable bonds is 6. The minimum Gasteiger partial charge on any atom is -0.312 e. The van der Waals surface area contributed by atoms with Crippen molar-refractivity contribution >= 4 is 22.7 Å². The van der Waals surface area contributed by atoms with Gasteiger partial charge in [-0.05, 0) is 55.5 Å². The molecule has 4 heteroatoms. The van der Waals surface area contributed by atoms with Crippen LogP contribution < -0.4 is 5.32 Å². The molecule has 0 spiro atoms. The summed E-state index contributed by atoms with van der Waals surface area (Å²) in [6.45, 7) is 8.97. The molecule has 1 N–H and O–H groups in total. The van der Waals surface area contributed by atoms with Gasteiger partial charge in [-0.3, -0.25) is 4.90 Å². The van der Waals surface area contributed by atoms with Crippen LogP contribution in [0.15, 0.2) is 23.6 Å². The van der Waals surface area contributed by atoms with Crippen molar-refractivity contribution < 1.29 is 0 Å². The van der Waals surface area contributed by atoms with Gasteiger partial charge in [0, 0.05) is 40.3 Å². The van der Waals surface area contributed by atoms with Gasteiger partial charge in [0.25, 0.3) is 0 Å². The molecule has 0 fully saturated rings. The van der Waals surface area contributed by atoms with Crippen molar-refractivity contribution in [1.82, 2.24) is 10.2 Å². The SMILES string of the molecule is CCCNCc1ccc(CN2CCc3sccc3C2C)s1. The van der Waals surface area contributed by atoms with E-state index in [0.29, 0.717) is 6.04 Å². The van der Waals surface area contributed by atoms with Crippen molar-refractivity contribution in [3.05, 3.63) is 43.8 Å². The molecule has 21 heavy (non-hydrogen) atoms. The van der Waals surface area contributed by atoms with Gasteiger partial charge < -0.3 is 5.32 Å². The van der Waals surface area contributed by atoms with E-state index in [0.717, 1.165) is 19.6 Å². The Morgan fingerprint density at radius 2 is 2.14 bits per heavy atom. The van der Waals surface area contributed by atoms with E-state index in [2.05, 4.69) is 47.6 Å². The maximum atomic E-state index is 3.48. The van der Waals surface area contributed by atoms with Crippen LogP contribution in [0.2, 0.25) is 0 Å². The third-order valence-electron chi connectivity index (χ3n) is 4.21. The average Bonchev–Trinajstić information content (AvgIpc) is 3.12. The van der Waals surface area contributed by atoms with E-state index >= 15 is 0 Å². The first-order valence-electron chi connectivity index (χ1n) is 7.86. The molecule has 3 heterocycles. The highest BCUT2D eigenvalue weighted by Crippen LogP contribution is 2.34. The Morgan fingerprint density at radius 3 is 3.00 bits per heavy atom. The molecule has 0 aromatic carbocycles. The van der Waals surface area contributed by atoms with Crippen LogP contribution in [0.5, 0.6) is 0 Å². The van der Waals surface area contributed by atoms with Crippen molar-refractivity contribution in [3.8, 4) is 0 Å². The van der Waals surface area contributed by atoms with Crippen molar-refractivity contribution in [1.29, 1.82) is 0 Å². The van der Waals surface area contributed by atoms with E-state index in [1.165, 1.54) is 29.1 Å². The molecule has 2 aromatic heterocycles. The quantitative estimate of drug-likeness (QED) is 0.792. The van der Waals surface area contributed by atoms with Gasteiger partial charge in [0.15, 0.2) is 0 Å². The summed E-state index contributed by atoms with van der Waals surface area (Å²) < 4.78 is 0. The largest absolute Gasteiger partial charge is 0.312 e. The maximum absolute atomic E-state index is 3.48. The van der Waals surface area contributed by atoms with Crippen LogP contribution in [-0.2, 0) is 19.5 Å². The number of fused-ring (bicyclic) bond motifs is 1. The molecule has 1 aliphatic rings. The molecule has 0 radical (unpaired) electrons. The number of thiophene rings is 2. The topological polar surface area (TPSA) is 15.3 Å². The van der Waals surface area contributed by atoms with Crippen molar-refractivity contribution in [2.45, 2.75) is 45.8 Å². The van der Waals surface area contributed by atoms with Crippen LogP contribution in [-0.4, -0.2) is 18.0 Å². The smallest absolute Gasteiger partial charge is 0.0334 e. The molecule has 0 amide bonds. The molecule has 0 saturated heterocycles. The zero-order chi connectivity index (χ0) is 14.7. The van der Waals surface area contributed by atoms with Gasteiger partial charge in [-0.25, -0.2) is 0 Å². The number of hydrogen-bond acceptors (Lipinski definition) is 4. The molecule has 0 bridgehead atoms. The Kier molecular flexibility index (Phi) is 5.11. The molecular formula is C17H24N2S2. The second-order valence-corrected chi connectivity index (χ2v) is 7.99. The van der Waals surface area contributed by atoms with E-state index in [1.54, 1.807) is 10.4 Å². The molecule has 1 unspecified atom stereocenters. The molecule has 2 nitrogen and oxygen atoms in total. The van der Waals surface area contributed by atoms with Gasteiger partial charge in [0.1, 0.15) is 0 Å². The molecule has 1 atom stereocenters. The summed E-state index contributed by atoms with van der Waals surface area (Å²) in [5, 5.41) is 5.73. The van der Waals surface area contributed by atoms with E-state index in [9.17, 15) is 0 Å². The Balaban J connectivity index is 1.60. The lowest BCUT2D eigenvalue weighted by atomic mass is 10.0. The van der Waals surface area contributed by atoms with Crippen LogP contribution in [0.1, 0.15) is 46.5 Å². The van der Waals surface area contributed by atoms with Gasteiger partial charge in [-0.2, -0.15) is 0 Å². The fraction of sp³-hybridized carbons (Fsp3) is 0.529. The first-order valence-corrected chi connectivity index (χ1v) is 9.56. The van der Waals surface area contributed by atoms with E-state index in [-0.39, 0.29) is 0 Å². The first kappa shape index (κ1) is 15.2. The number of nitrogens with zero attached hydrogens (tertiary/aromatic N) is 1. The fourth-order valence-corrected chi connectivity index (χ4v) is 4.94. The summed E-state index contributed by atoms with van der Waals surface area (Å²) in [7, 11) is 0. The summed E-state index contributed by atoms with van der Waals surface area (Å²) in [6, 6.07) is 7.46. The van der Waals surface area contributed by atoms with Crippen LogP contribution in [0.4, 0.5) is 0 Å². The predicted molar refractivity (Wildman–Crippen MR) is 93.2 cm³/mol. The molecule has 3 rings (SSSR count). The average molecular weight is 321 g/mol. The summed E-state index contributed by atoms with van der Waals surface area (Å²) in [5.41, 5.74) is 1.55. The third kappa shape index (κ3) is 3.57. The lowest BCUT2D eigenvalue weighted by Crippen LogP contribution is -2.32. The zero-order valence-electron chi connectivity index (χ0n) is 12.9. The summed E-state index contributed by atoms with van der Waals surface area (Å²) >= 11 is 3.88. The predicted octanol–water partition coefficient (Wildman–Crippen LogP) is 4.43. The Labute approximate surface area is 135 Å². The van der Waals surface area contributed by atoms with Gasteiger partial charge in [0.2, 0.25) is 0 Å². The molecule has 0 saturated carbocycles. The summed E-state index contributed by atoms with van der Waals surface area (Å²) in [6.07, 6.45) is 2.42. The van der Waals surface area contributed by atoms with Crippen molar-refractivity contribution in [3.63, 3.8) is 0 Å². The molecule has 0 aliphatic carbocycles. The maximum Gasteiger partial charge on any atom is 0.0334 e. The number of hydrogen-bond donors (Lipinski definition) is 1. The minimum absolute atomic E-state index is 0.559. The van der Waals surface area contributed by atoms with Gasteiger partial charge in [0.05, 0.1) is 0 Å². The second kappa shape index (κ2) is 7.05. The van der Waals surface area contributed by atoms with Crippen LogP contribution >= 0.6 is 22.7 Å². The second-order valence-electron chi connectivity index (χ2n) is 5.74. The van der Waals surface area contributed by atoms with Gasteiger partial charge in [-0.1, -0.05) is 6.92 Å². The Morgan fingerprint density at radius 1 is 1.29 bits per heavy atom. The van der Waals surface area contributed by atoms with E-state index in [1.807, 2.05) is 22.7 Å². The number of nitrogens with one attached hydrogen (secondary N) is 1. The highest BCUT2D eigenvalue weighted by molar-refractivity contribution is 7.12. The Hall–Kier alpha value is -0.680. The monoisotopic (exact) mass is 320 g/mol. The summed E-state index contributed by atoms with van der Waals surface area (Å²) in [5.74, 6) is 0. The van der Waals surface area contributed by atoms with Crippen molar-refractivity contribution in [2.75, 3.05) is 13.1 Å². The zero-order valence-corrected chi connectivity index (χ0v) is 14.5. The third-order valence-corrected chi connectivity index (χ3v) is 6.27. The summed E-state index contributed by atoms with van der Waals surface area (Å²) in [4.78, 5) is 7.16. The van der Waals surface area contributed by atoms with Gasteiger partial charge >= 0.3 is 0 Å². The van der Waals surface area contributed by atoms with E-state index < -0.39 is 0 Å². The Bertz CT molecular complexity index is 573. The molecular weight excluding hydrogens is 296 g/mol. The highest BCUT2D eigenvalue weighted by atomic mass is 32.1. The molecule has 114 valence electrons. The minimum atomic E-state index is 0.559. The van der Waals surface area contributed by atoms with Gasteiger partial charge in [-0.15, -0.1) is 22.7 Å². The van der Waals surface area contributed by atoms with Crippen LogP contribution in [0.25, 0.3) is 0 Å². The van der Waals surface area contributed by atoms with Crippen molar-refractivity contribution in [2.24, 2.45) is 0 Å². The highest BCUT2D eigenvalue weighted by Gasteiger charge is 2.24. The molecule has 2 aromatic rings. The van der Waals surface area contributed by atoms with Crippen LogP contribution in [0, 0.1) is 0 Å².